The van der Waals surface area contributed by atoms with E-state index in [9.17, 15) is 0 Å². The number of nitrogens with one attached hydrogen (secondary N) is 1. The number of nitrogens with two attached hydrogens (primary N) is 1. The normalized spacial score (nSPS) is 10.2. The summed E-state index contributed by atoms with van der Waals surface area (Å²) in [7, 11) is 0. The Balaban J connectivity index is 0.00000112. The molecule has 0 spiro atoms. The van der Waals surface area contributed by atoms with Crippen LogP contribution in [0.5, 0.6) is 0 Å². The standard InChI is InChI=1S/C10H14N4.HI/c1-2-7-13-8-5-3-4-6-9(8)14(12)10(13)11;/h3-6,11H,2,7,12H2,1H3;1H. The molecule has 0 radical (unpaired) electrons. The molecule has 1 heterocycles. The van der Waals surface area contributed by atoms with E-state index in [0.29, 0.717) is 5.62 Å². The van der Waals surface area contributed by atoms with Crippen LogP contribution in [-0.2, 0) is 6.54 Å². The van der Waals surface area contributed by atoms with Crippen molar-refractivity contribution >= 4 is 35.0 Å². The third-order valence-electron chi connectivity index (χ3n) is 2.36. The Labute approximate surface area is 105 Å². The van der Waals surface area contributed by atoms with Crippen molar-refractivity contribution < 1.29 is 0 Å². The first-order chi connectivity index (χ1) is 6.75. The minimum atomic E-state index is 0. The zero-order chi connectivity index (χ0) is 10.1. The lowest BCUT2D eigenvalue weighted by Gasteiger charge is -1.99. The van der Waals surface area contributed by atoms with Crippen molar-refractivity contribution in [1.82, 2.24) is 9.24 Å². The molecular formula is C10H15IN4. The Hall–Kier alpha value is -0.980. The van der Waals surface area contributed by atoms with Crippen molar-refractivity contribution in [1.29, 1.82) is 5.41 Å². The lowest BCUT2D eigenvalue weighted by Crippen LogP contribution is -2.29. The van der Waals surface area contributed by atoms with E-state index >= 15 is 0 Å². The molecule has 0 saturated carbocycles. The van der Waals surface area contributed by atoms with Gasteiger partial charge < -0.3 is 10.4 Å². The van der Waals surface area contributed by atoms with Crippen molar-refractivity contribution in [3.05, 3.63) is 29.9 Å². The molecule has 0 amide bonds. The van der Waals surface area contributed by atoms with E-state index in [1.54, 1.807) is 0 Å². The van der Waals surface area contributed by atoms with E-state index in [1.807, 2.05) is 28.8 Å². The summed E-state index contributed by atoms with van der Waals surface area (Å²) in [5.74, 6) is 5.78. The number of halogens is 1. The summed E-state index contributed by atoms with van der Waals surface area (Å²) in [6, 6.07) is 7.82. The molecule has 15 heavy (non-hydrogen) atoms. The highest BCUT2D eigenvalue weighted by Crippen LogP contribution is 2.10. The van der Waals surface area contributed by atoms with Crippen LogP contribution in [0.2, 0.25) is 0 Å². The highest BCUT2D eigenvalue weighted by Gasteiger charge is 2.06. The zero-order valence-corrected chi connectivity index (χ0v) is 10.9. The first-order valence-electron chi connectivity index (χ1n) is 4.75. The molecule has 0 saturated heterocycles. The second-order valence-electron chi connectivity index (χ2n) is 3.33. The van der Waals surface area contributed by atoms with E-state index in [2.05, 4.69) is 6.92 Å². The molecule has 0 aliphatic carbocycles. The third-order valence-corrected chi connectivity index (χ3v) is 2.36. The van der Waals surface area contributed by atoms with E-state index in [0.717, 1.165) is 24.0 Å². The van der Waals surface area contributed by atoms with Crippen molar-refractivity contribution in [3.8, 4) is 0 Å². The van der Waals surface area contributed by atoms with Crippen LogP contribution in [0, 0.1) is 5.41 Å². The van der Waals surface area contributed by atoms with Gasteiger partial charge in [-0.2, -0.15) is 0 Å². The van der Waals surface area contributed by atoms with Crippen molar-refractivity contribution in [2.24, 2.45) is 0 Å². The molecule has 1 aromatic carbocycles. The van der Waals surface area contributed by atoms with Gasteiger partial charge in [0, 0.05) is 6.54 Å². The number of hydrogen-bond donors (Lipinski definition) is 2. The maximum Gasteiger partial charge on any atom is 0.221 e. The molecule has 2 aromatic rings. The monoisotopic (exact) mass is 318 g/mol. The van der Waals surface area contributed by atoms with Gasteiger partial charge in [0.05, 0.1) is 11.0 Å². The number of nitrogens with zero attached hydrogens (tertiary/aromatic N) is 2. The van der Waals surface area contributed by atoms with Crippen LogP contribution in [0.3, 0.4) is 0 Å². The van der Waals surface area contributed by atoms with E-state index in [4.69, 9.17) is 11.3 Å². The largest absolute Gasteiger partial charge is 0.336 e. The lowest BCUT2D eigenvalue weighted by molar-refractivity contribution is 0.636. The van der Waals surface area contributed by atoms with Gasteiger partial charge in [-0.3, -0.25) is 5.41 Å². The highest BCUT2D eigenvalue weighted by atomic mass is 127. The molecule has 0 atom stereocenters. The Morgan fingerprint density at radius 1 is 1.27 bits per heavy atom. The zero-order valence-electron chi connectivity index (χ0n) is 8.60. The molecular weight excluding hydrogens is 303 g/mol. The fourth-order valence-corrected chi connectivity index (χ4v) is 1.70. The molecule has 3 N–H and O–H groups in total. The molecule has 4 nitrogen and oxygen atoms in total. The summed E-state index contributed by atoms with van der Waals surface area (Å²) in [5.41, 5.74) is 2.29. The molecule has 0 unspecified atom stereocenters. The van der Waals surface area contributed by atoms with Crippen LogP contribution in [0.4, 0.5) is 0 Å². The number of aryl methyl sites for hydroxylation is 1. The van der Waals surface area contributed by atoms with Crippen LogP contribution >= 0.6 is 24.0 Å². The summed E-state index contributed by atoms with van der Waals surface area (Å²) in [6.07, 6.45) is 1.00. The first-order valence-corrected chi connectivity index (χ1v) is 4.75. The van der Waals surface area contributed by atoms with Crippen LogP contribution in [0.25, 0.3) is 11.0 Å². The van der Waals surface area contributed by atoms with Crippen LogP contribution < -0.4 is 11.5 Å². The summed E-state index contributed by atoms with van der Waals surface area (Å²) in [4.78, 5) is 0. The Morgan fingerprint density at radius 3 is 2.47 bits per heavy atom. The minimum Gasteiger partial charge on any atom is -0.336 e. The summed E-state index contributed by atoms with van der Waals surface area (Å²) >= 11 is 0. The van der Waals surface area contributed by atoms with Gasteiger partial charge in [-0.05, 0) is 18.6 Å². The number of para-hydroxylation sites is 2. The second-order valence-corrected chi connectivity index (χ2v) is 3.33. The molecule has 5 heteroatoms. The Morgan fingerprint density at radius 2 is 1.87 bits per heavy atom. The van der Waals surface area contributed by atoms with Crippen molar-refractivity contribution in [2.75, 3.05) is 5.84 Å². The van der Waals surface area contributed by atoms with Gasteiger partial charge in [0.15, 0.2) is 0 Å². The van der Waals surface area contributed by atoms with Crippen LogP contribution in [0.1, 0.15) is 13.3 Å². The third kappa shape index (κ3) is 1.88. The van der Waals surface area contributed by atoms with Gasteiger partial charge in [0.25, 0.3) is 0 Å². The van der Waals surface area contributed by atoms with Gasteiger partial charge >= 0.3 is 0 Å². The van der Waals surface area contributed by atoms with Gasteiger partial charge in [-0.15, -0.1) is 24.0 Å². The molecule has 2 rings (SSSR count). The first kappa shape index (κ1) is 12.1. The predicted molar refractivity (Wildman–Crippen MR) is 71.6 cm³/mol. The maximum absolute atomic E-state index is 7.83. The second kappa shape index (κ2) is 4.69. The summed E-state index contributed by atoms with van der Waals surface area (Å²) in [6.45, 7) is 2.93. The number of rotatable bonds is 2. The van der Waals surface area contributed by atoms with Gasteiger partial charge in [-0.1, -0.05) is 19.1 Å². The summed E-state index contributed by atoms with van der Waals surface area (Å²) in [5, 5.41) is 7.83. The number of nitrogen functional groups attached to an aromatic ring is 1. The average molecular weight is 318 g/mol. The molecule has 0 fully saturated rings. The Bertz CT molecular complexity index is 512. The minimum absolute atomic E-state index is 0. The fraction of sp³-hybridized carbons (Fsp3) is 0.300. The molecule has 0 aliphatic heterocycles. The van der Waals surface area contributed by atoms with Gasteiger partial charge in [-0.25, -0.2) is 4.68 Å². The van der Waals surface area contributed by atoms with Crippen molar-refractivity contribution in [2.45, 2.75) is 19.9 Å². The Kier molecular flexibility index (Phi) is 3.78. The number of imidazole rings is 1. The van der Waals surface area contributed by atoms with Crippen molar-refractivity contribution in [3.63, 3.8) is 0 Å². The number of hydrogen-bond acceptors (Lipinski definition) is 2. The van der Waals surface area contributed by atoms with E-state index in [-0.39, 0.29) is 24.0 Å². The number of aromatic nitrogens is 2. The topological polar surface area (TPSA) is 59.7 Å². The highest BCUT2D eigenvalue weighted by molar-refractivity contribution is 14.0. The van der Waals surface area contributed by atoms with E-state index in [1.165, 1.54) is 4.68 Å². The molecule has 0 aliphatic rings. The molecule has 1 aromatic heterocycles. The fourth-order valence-electron chi connectivity index (χ4n) is 1.70. The molecule has 82 valence electrons. The quantitative estimate of drug-likeness (QED) is 0.642. The number of fused-ring (bicyclic) bond motifs is 1. The maximum atomic E-state index is 7.83. The smallest absolute Gasteiger partial charge is 0.221 e. The van der Waals surface area contributed by atoms with Gasteiger partial charge in [0.1, 0.15) is 0 Å². The summed E-state index contributed by atoms with van der Waals surface area (Å²) < 4.78 is 3.35. The lowest BCUT2D eigenvalue weighted by atomic mass is 10.3. The average Bonchev–Trinajstić information content (AvgIpc) is 2.45. The van der Waals surface area contributed by atoms with Crippen LogP contribution in [-0.4, -0.2) is 9.24 Å². The van der Waals surface area contributed by atoms with Crippen LogP contribution in [0.15, 0.2) is 24.3 Å². The number of benzene rings is 1. The SMILES string of the molecule is CCCn1c(=N)n(N)c2ccccc21.I. The van der Waals surface area contributed by atoms with E-state index < -0.39 is 0 Å². The molecule has 0 bridgehead atoms. The predicted octanol–water partition coefficient (Wildman–Crippen LogP) is 1.66. The van der Waals surface area contributed by atoms with Gasteiger partial charge in [0.2, 0.25) is 5.62 Å².